The van der Waals surface area contributed by atoms with E-state index in [1.165, 1.54) is 19.3 Å². The predicted molar refractivity (Wildman–Crippen MR) is 37.2 cm³/mol. The highest BCUT2D eigenvalue weighted by atomic mass is 16.1. The molecule has 0 N–H and O–H groups in total. The van der Waals surface area contributed by atoms with Crippen LogP contribution in [0.3, 0.4) is 0 Å². The molecule has 52 valence electrons. The Morgan fingerprint density at radius 2 is 2.00 bits per heavy atom. The molecule has 1 unspecified atom stereocenters. The van der Waals surface area contributed by atoms with E-state index in [1.54, 1.807) is 0 Å². The Morgan fingerprint density at radius 3 is 2.44 bits per heavy atom. The van der Waals surface area contributed by atoms with E-state index in [9.17, 15) is 4.79 Å². The highest BCUT2D eigenvalue weighted by Crippen LogP contribution is 2.27. The van der Waals surface area contributed by atoms with Crippen LogP contribution in [0.4, 0.5) is 0 Å². The molecule has 1 saturated carbocycles. The summed E-state index contributed by atoms with van der Waals surface area (Å²) in [6, 6.07) is 0. The minimum atomic E-state index is 0.374. The molecule has 0 heterocycles. The quantitative estimate of drug-likeness (QED) is 0.491. The van der Waals surface area contributed by atoms with Crippen LogP contribution in [0.25, 0.3) is 0 Å². The first-order valence-corrected chi connectivity index (χ1v) is 3.80. The minimum absolute atomic E-state index is 0.374. The van der Waals surface area contributed by atoms with Gasteiger partial charge in [-0.05, 0) is 12.3 Å². The van der Waals surface area contributed by atoms with E-state index in [-0.39, 0.29) is 0 Å². The van der Waals surface area contributed by atoms with Gasteiger partial charge in [0.15, 0.2) is 0 Å². The van der Waals surface area contributed by atoms with Crippen molar-refractivity contribution in [3.8, 4) is 0 Å². The highest BCUT2D eigenvalue weighted by Gasteiger charge is 2.19. The molecular weight excluding hydrogens is 112 g/mol. The Kier molecular flexibility index (Phi) is 2.26. The van der Waals surface area contributed by atoms with Crippen LogP contribution >= 0.6 is 0 Å². The van der Waals surface area contributed by atoms with E-state index in [0.717, 1.165) is 12.7 Å². The van der Waals surface area contributed by atoms with E-state index in [4.69, 9.17) is 0 Å². The first kappa shape index (κ1) is 6.79. The third-order valence-corrected chi connectivity index (χ3v) is 2.35. The van der Waals surface area contributed by atoms with Gasteiger partial charge >= 0.3 is 0 Å². The van der Waals surface area contributed by atoms with Gasteiger partial charge in [-0.3, -0.25) is 0 Å². The zero-order chi connectivity index (χ0) is 6.69. The van der Waals surface area contributed by atoms with Gasteiger partial charge in [0.1, 0.15) is 6.29 Å². The van der Waals surface area contributed by atoms with Crippen molar-refractivity contribution in [2.45, 2.75) is 32.6 Å². The summed E-state index contributed by atoms with van der Waals surface area (Å²) in [5, 5.41) is 0. The fraction of sp³-hybridized carbons (Fsp3) is 0.875. The molecule has 0 amide bonds. The van der Waals surface area contributed by atoms with Crippen LogP contribution < -0.4 is 0 Å². The van der Waals surface area contributed by atoms with Gasteiger partial charge in [-0.25, -0.2) is 0 Å². The maximum absolute atomic E-state index is 10.4. The molecule has 9 heavy (non-hydrogen) atoms. The Labute approximate surface area is 56.4 Å². The molecule has 1 nitrogen and oxygen atoms in total. The Balaban J connectivity index is 2.38. The van der Waals surface area contributed by atoms with Gasteiger partial charge in [0, 0.05) is 5.92 Å². The van der Waals surface area contributed by atoms with Crippen molar-refractivity contribution >= 4 is 6.29 Å². The van der Waals surface area contributed by atoms with Crippen LogP contribution in [-0.2, 0) is 4.79 Å². The van der Waals surface area contributed by atoms with Crippen LogP contribution in [0.15, 0.2) is 0 Å². The van der Waals surface area contributed by atoms with E-state index in [2.05, 4.69) is 6.92 Å². The zero-order valence-corrected chi connectivity index (χ0v) is 5.97. The molecule has 0 saturated heterocycles. The summed E-state index contributed by atoms with van der Waals surface area (Å²) in [6.07, 6.45) is 6.09. The number of rotatable bonds is 1. The molecule has 1 heteroatoms. The summed E-state index contributed by atoms with van der Waals surface area (Å²) in [4.78, 5) is 10.4. The lowest BCUT2D eigenvalue weighted by atomic mass is 9.81. The van der Waals surface area contributed by atoms with Gasteiger partial charge in [-0.1, -0.05) is 26.2 Å². The van der Waals surface area contributed by atoms with E-state index < -0.39 is 0 Å². The van der Waals surface area contributed by atoms with Crippen molar-refractivity contribution in [3.05, 3.63) is 0 Å². The van der Waals surface area contributed by atoms with Crippen molar-refractivity contribution in [1.82, 2.24) is 0 Å². The smallest absolute Gasteiger partial charge is 0.123 e. The summed E-state index contributed by atoms with van der Waals surface area (Å²) < 4.78 is 0. The summed E-state index contributed by atoms with van der Waals surface area (Å²) in [5.74, 6) is 1.02. The molecule has 0 aliphatic heterocycles. The monoisotopic (exact) mass is 126 g/mol. The number of carbonyl (C=O) groups is 1. The molecule has 0 aromatic heterocycles. The first-order valence-electron chi connectivity index (χ1n) is 3.80. The Hall–Kier alpha value is -0.330. The predicted octanol–water partition coefficient (Wildman–Crippen LogP) is 2.01. The average molecular weight is 126 g/mol. The van der Waals surface area contributed by atoms with Crippen molar-refractivity contribution in [1.29, 1.82) is 0 Å². The summed E-state index contributed by atoms with van der Waals surface area (Å²) >= 11 is 0. The molecule has 2 atom stereocenters. The maximum atomic E-state index is 10.4. The topological polar surface area (TPSA) is 17.1 Å². The fourth-order valence-electron chi connectivity index (χ4n) is 1.55. The number of hydrogen-bond acceptors (Lipinski definition) is 1. The van der Waals surface area contributed by atoms with E-state index in [1.807, 2.05) is 0 Å². The lowest BCUT2D eigenvalue weighted by molar-refractivity contribution is -0.113. The molecule has 0 radical (unpaired) electrons. The number of carbonyl (C=O) groups excluding carboxylic acids is 1. The van der Waals surface area contributed by atoms with Gasteiger partial charge in [-0.15, -0.1) is 0 Å². The Morgan fingerprint density at radius 1 is 1.33 bits per heavy atom. The largest absolute Gasteiger partial charge is 0.303 e. The molecule has 1 aliphatic rings. The standard InChI is InChI=1S/C8H14O/c1-7-4-2-3-5-8(7)6-9/h6-8H,2-5H2,1H3/t7?,8-/m0/s1. The molecule has 1 aliphatic carbocycles. The summed E-state index contributed by atoms with van der Waals surface area (Å²) in [6.45, 7) is 2.18. The second-order valence-corrected chi connectivity index (χ2v) is 3.06. The van der Waals surface area contributed by atoms with Crippen LogP contribution in [-0.4, -0.2) is 6.29 Å². The molecule has 0 spiro atoms. The van der Waals surface area contributed by atoms with Crippen LogP contribution in [0.2, 0.25) is 0 Å². The number of hydrogen-bond donors (Lipinski definition) is 0. The van der Waals surface area contributed by atoms with Gasteiger partial charge in [0.2, 0.25) is 0 Å². The average Bonchev–Trinajstić information content (AvgIpc) is 1.89. The van der Waals surface area contributed by atoms with Gasteiger partial charge in [0.05, 0.1) is 0 Å². The van der Waals surface area contributed by atoms with E-state index >= 15 is 0 Å². The summed E-state index contributed by atoms with van der Waals surface area (Å²) in [5.41, 5.74) is 0. The third kappa shape index (κ3) is 1.54. The molecule has 0 aromatic rings. The van der Waals surface area contributed by atoms with Crippen molar-refractivity contribution in [2.75, 3.05) is 0 Å². The maximum Gasteiger partial charge on any atom is 0.123 e. The molecule has 0 aromatic carbocycles. The normalized spacial score (nSPS) is 36.1. The molecular formula is C8H14O. The molecule has 0 bridgehead atoms. The van der Waals surface area contributed by atoms with Crippen molar-refractivity contribution < 1.29 is 4.79 Å². The zero-order valence-electron chi connectivity index (χ0n) is 5.97. The SMILES string of the molecule is CC1CCCC[C@H]1C=O. The lowest BCUT2D eigenvalue weighted by Gasteiger charge is -2.23. The second-order valence-electron chi connectivity index (χ2n) is 3.06. The van der Waals surface area contributed by atoms with Crippen LogP contribution in [0.1, 0.15) is 32.6 Å². The third-order valence-electron chi connectivity index (χ3n) is 2.35. The highest BCUT2D eigenvalue weighted by molar-refractivity contribution is 5.54. The summed E-state index contributed by atoms with van der Waals surface area (Å²) in [7, 11) is 0. The van der Waals surface area contributed by atoms with Gasteiger partial charge < -0.3 is 4.79 Å². The van der Waals surface area contributed by atoms with Gasteiger partial charge in [-0.2, -0.15) is 0 Å². The van der Waals surface area contributed by atoms with Gasteiger partial charge in [0.25, 0.3) is 0 Å². The molecule has 1 fully saturated rings. The minimum Gasteiger partial charge on any atom is -0.303 e. The van der Waals surface area contributed by atoms with Crippen molar-refractivity contribution in [3.63, 3.8) is 0 Å². The number of aldehydes is 1. The lowest BCUT2D eigenvalue weighted by Crippen LogP contribution is -2.17. The van der Waals surface area contributed by atoms with Crippen LogP contribution in [0, 0.1) is 11.8 Å². The second kappa shape index (κ2) is 3.00. The fourth-order valence-corrected chi connectivity index (χ4v) is 1.55. The Bertz CT molecular complexity index is 98.7. The van der Waals surface area contributed by atoms with Crippen molar-refractivity contribution in [2.24, 2.45) is 11.8 Å². The van der Waals surface area contributed by atoms with Crippen LogP contribution in [0.5, 0.6) is 0 Å². The van der Waals surface area contributed by atoms with E-state index in [0.29, 0.717) is 11.8 Å². The first-order chi connectivity index (χ1) is 4.34. The molecule has 1 rings (SSSR count).